The third-order valence-electron chi connectivity index (χ3n) is 4.16. The monoisotopic (exact) mass is 336 g/mol. The fourth-order valence-corrected chi connectivity index (χ4v) is 2.72. The van der Waals surface area contributed by atoms with Crippen molar-refractivity contribution in [1.82, 2.24) is 9.55 Å². The van der Waals surface area contributed by atoms with Crippen LogP contribution in [0.15, 0.2) is 67.3 Å². The smallest absolute Gasteiger partial charge is 0.119 e. The van der Waals surface area contributed by atoms with E-state index in [0.717, 1.165) is 18.9 Å². The Morgan fingerprint density at radius 3 is 2.28 bits per heavy atom. The van der Waals surface area contributed by atoms with Crippen molar-refractivity contribution in [1.29, 1.82) is 0 Å². The molecule has 0 bridgehead atoms. The summed E-state index contributed by atoms with van der Waals surface area (Å²) in [5.74, 6) is 0.880. The lowest BCUT2D eigenvalue weighted by Crippen LogP contribution is -2.06. The second-order valence-corrected chi connectivity index (χ2v) is 5.89. The number of hydrogen-bond donors (Lipinski definition) is 0. The van der Waals surface area contributed by atoms with Crippen LogP contribution in [0, 0.1) is 0 Å². The van der Waals surface area contributed by atoms with Gasteiger partial charge in [0.25, 0.3) is 0 Å². The van der Waals surface area contributed by atoms with Crippen molar-refractivity contribution in [2.45, 2.75) is 26.5 Å². The Bertz CT molecular complexity index is 750. The molecule has 0 spiro atoms. The molecule has 0 amide bonds. The van der Waals surface area contributed by atoms with Crippen LogP contribution < -0.4 is 4.74 Å². The number of rotatable bonds is 8. The number of nitrogens with zero attached hydrogens (tertiary/aromatic N) is 2. The van der Waals surface area contributed by atoms with E-state index in [1.165, 1.54) is 16.7 Å². The van der Waals surface area contributed by atoms with E-state index in [1.54, 1.807) is 12.5 Å². The highest BCUT2D eigenvalue weighted by atomic mass is 16.5. The molecule has 3 aromatic rings. The minimum Gasteiger partial charge on any atom is -0.492 e. The predicted octanol–water partition coefficient (Wildman–Crippen LogP) is 4.73. The molecule has 25 heavy (non-hydrogen) atoms. The van der Waals surface area contributed by atoms with Crippen LogP contribution in [0.3, 0.4) is 0 Å². The molecule has 1 unspecified atom stereocenters. The fraction of sp³-hybridized carbons (Fsp3) is 0.286. The molecule has 0 aliphatic rings. The van der Waals surface area contributed by atoms with Gasteiger partial charge in [0.15, 0.2) is 0 Å². The number of hydrogen-bond acceptors (Lipinski definition) is 3. The van der Waals surface area contributed by atoms with Crippen molar-refractivity contribution in [3.05, 3.63) is 72.8 Å². The lowest BCUT2D eigenvalue weighted by molar-refractivity contribution is 0.0764. The van der Waals surface area contributed by atoms with Crippen LogP contribution in [-0.2, 0) is 11.3 Å². The van der Waals surface area contributed by atoms with Crippen molar-refractivity contribution in [3.63, 3.8) is 0 Å². The molecule has 0 aliphatic heterocycles. The van der Waals surface area contributed by atoms with Gasteiger partial charge in [-0.05, 0) is 42.7 Å². The number of aromatic nitrogens is 2. The Balaban J connectivity index is 1.58. The molecule has 4 heteroatoms. The molecule has 4 nitrogen and oxygen atoms in total. The minimum atomic E-state index is 0.130. The molecule has 0 N–H and O–H groups in total. The first kappa shape index (κ1) is 17.2. The van der Waals surface area contributed by atoms with Gasteiger partial charge >= 0.3 is 0 Å². The Labute approximate surface area is 149 Å². The third kappa shape index (κ3) is 4.70. The zero-order chi connectivity index (χ0) is 17.5. The highest BCUT2D eigenvalue weighted by Gasteiger charge is 2.05. The van der Waals surface area contributed by atoms with Crippen LogP contribution in [0.4, 0.5) is 0 Å². The van der Waals surface area contributed by atoms with E-state index >= 15 is 0 Å². The number of ether oxygens (including phenoxy) is 2. The summed E-state index contributed by atoms with van der Waals surface area (Å²) < 4.78 is 13.4. The van der Waals surface area contributed by atoms with Crippen molar-refractivity contribution >= 4 is 0 Å². The molecule has 1 heterocycles. The molecular formula is C21H24N2O2. The van der Waals surface area contributed by atoms with Gasteiger partial charge < -0.3 is 14.0 Å². The maximum absolute atomic E-state index is 5.78. The average molecular weight is 336 g/mol. The molecule has 1 aromatic heterocycles. The number of imidazole rings is 1. The molecule has 0 saturated carbocycles. The topological polar surface area (TPSA) is 36.3 Å². The van der Waals surface area contributed by atoms with Gasteiger partial charge in [0.1, 0.15) is 12.4 Å². The van der Waals surface area contributed by atoms with Crippen LogP contribution in [-0.4, -0.2) is 22.8 Å². The molecule has 3 rings (SSSR count). The molecule has 1 atom stereocenters. The summed E-state index contributed by atoms with van der Waals surface area (Å²) in [5.41, 5.74) is 3.57. The Morgan fingerprint density at radius 2 is 1.68 bits per heavy atom. The van der Waals surface area contributed by atoms with E-state index in [9.17, 15) is 0 Å². The maximum atomic E-state index is 5.78. The van der Waals surface area contributed by atoms with Gasteiger partial charge in [-0.3, -0.25) is 0 Å². The van der Waals surface area contributed by atoms with E-state index in [1.807, 2.05) is 29.8 Å². The van der Waals surface area contributed by atoms with Crippen molar-refractivity contribution in [2.75, 3.05) is 13.2 Å². The van der Waals surface area contributed by atoms with Gasteiger partial charge in [-0.15, -0.1) is 0 Å². The van der Waals surface area contributed by atoms with E-state index < -0.39 is 0 Å². The standard InChI is InChI=1S/C21H24N2O2/c1-3-24-17(2)18-4-6-19(7-5-18)20-8-10-21(11-9-20)25-15-14-23-13-12-22-16-23/h4-13,16-17H,3,14-15H2,1-2H3. The van der Waals surface area contributed by atoms with Crippen molar-refractivity contribution in [3.8, 4) is 16.9 Å². The first-order valence-electron chi connectivity index (χ1n) is 8.67. The first-order valence-corrected chi connectivity index (χ1v) is 8.67. The summed E-state index contributed by atoms with van der Waals surface area (Å²) in [6.07, 6.45) is 5.63. The Morgan fingerprint density at radius 1 is 1.00 bits per heavy atom. The normalized spacial score (nSPS) is 12.1. The lowest BCUT2D eigenvalue weighted by atomic mass is 10.0. The van der Waals surface area contributed by atoms with Crippen molar-refractivity contribution < 1.29 is 9.47 Å². The van der Waals surface area contributed by atoms with Crippen LogP contribution >= 0.6 is 0 Å². The molecule has 0 aliphatic carbocycles. The van der Waals surface area contributed by atoms with Gasteiger partial charge in [0, 0.05) is 19.0 Å². The van der Waals surface area contributed by atoms with Gasteiger partial charge in [0.05, 0.1) is 19.0 Å². The quantitative estimate of drug-likeness (QED) is 0.597. The van der Waals surface area contributed by atoms with E-state index in [2.05, 4.69) is 48.3 Å². The van der Waals surface area contributed by atoms with Crippen molar-refractivity contribution in [2.24, 2.45) is 0 Å². The fourth-order valence-electron chi connectivity index (χ4n) is 2.72. The van der Waals surface area contributed by atoms with Gasteiger partial charge in [-0.2, -0.15) is 0 Å². The molecule has 0 radical (unpaired) electrons. The second-order valence-electron chi connectivity index (χ2n) is 5.89. The molecule has 0 fully saturated rings. The summed E-state index contributed by atoms with van der Waals surface area (Å²) in [5, 5.41) is 0. The zero-order valence-corrected chi connectivity index (χ0v) is 14.8. The second kappa shape index (κ2) is 8.49. The molecule has 2 aromatic carbocycles. The lowest BCUT2D eigenvalue weighted by Gasteiger charge is -2.12. The summed E-state index contributed by atoms with van der Waals surface area (Å²) in [4.78, 5) is 4.02. The summed E-state index contributed by atoms with van der Waals surface area (Å²) in [6.45, 7) is 6.24. The first-order chi connectivity index (χ1) is 12.3. The van der Waals surface area contributed by atoms with E-state index in [-0.39, 0.29) is 6.10 Å². The molecule has 130 valence electrons. The summed E-state index contributed by atoms with van der Waals surface area (Å²) in [7, 11) is 0. The molecular weight excluding hydrogens is 312 g/mol. The highest BCUT2D eigenvalue weighted by Crippen LogP contribution is 2.25. The van der Waals surface area contributed by atoms with Crippen LogP contribution in [0.2, 0.25) is 0 Å². The predicted molar refractivity (Wildman–Crippen MR) is 99.6 cm³/mol. The van der Waals surface area contributed by atoms with Crippen LogP contribution in [0.5, 0.6) is 5.75 Å². The Hall–Kier alpha value is -2.59. The average Bonchev–Trinajstić information content (AvgIpc) is 3.16. The number of benzene rings is 2. The van der Waals surface area contributed by atoms with Gasteiger partial charge in [0.2, 0.25) is 0 Å². The minimum absolute atomic E-state index is 0.130. The molecule has 0 saturated heterocycles. The van der Waals surface area contributed by atoms with Crippen LogP contribution in [0.1, 0.15) is 25.5 Å². The maximum Gasteiger partial charge on any atom is 0.119 e. The Kier molecular flexibility index (Phi) is 5.86. The highest BCUT2D eigenvalue weighted by molar-refractivity contribution is 5.64. The van der Waals surface area contributed by atoms with E-state index in [4.69, 9.17) is 9.47 Å². The van der Waals surface area contributed by atoms with Crippen LogP contribution in [0.25, 0.3) is 11.1 Å². The third-order valence-corrected chi connectivity index (χ3v) is 4.16. The summed E-state index contributed by atoms with van der Waals surface area (Å²) in [6, 6.07) is 16.7. The largest absolute Gasteiger partial charge is 0.492 e. The zero-order valence-electron chi connectivity index (χ0n) is 14.8. The van der Waals surface area contributed by atoms with Gasteiger partial charge in [-0.25, -0.2) is 4.98 Å². The van der Waals surface area contributed by atoms with E-state index in [0.29, 0.717) is 6.61 Å². The summed E-state index contributed by atoms with van der Waals surface area (Å²) >= 11 is 0. The SMILES string of the molecule is CCOC(C)c1ccc(-c2ccc(OCCn3ccnc3)cc2)cc1. The van der Waals surface area contributed by atoms with Gasteiger partial charge in [-0.1, -0.05) is 36.4 Å².